The number of hydrogen-bond donors (Lipinski definition) is 1. The number of anilines is 1. The molecule has 3 rings (SSSR count). The minimum absolute atomic E-state index is 0.313. The first-order valence-electron chi connectivity index (χ1n) is 6.18. The number of rotatable bonds is 1. The van der Waals surface area contributed by atoms with Crippen LogP contribution < -0.4 is 10.6 Å². The van der Waals surface area contributed by atoms with Crippen LogP contribution in [0.5, 0.6) is 0 Å². The molecule has 3 heteroatoms. The molecule has 1 atom stereocenters. The maximum absolute atomic E-state index is 6.02. The molecule has 0 saturated carbocycles. The van der Waals surface area contributed by atoms with Gasteiger partial charge in [0.05, 0.1) is 5.52 Å². The summed E-state index contributed by atoms with van der Waals surface area (Å²) in [6.45, 7) is 2.07. The van der Waals surface area contributed by atoms with Gasteiger partial charge in [0.2, 0.25) is 0 Å². The second-order valence-corrected chi connectivity index (χ2v) is 4.73. The van der Waals surface area contributed by atoms with Gasteiger partial charge < -0.3 is 10.6 Å². The molecule has 1 aliphatic rings. The van der Waals surface area contributed by atoms with Crippen molar-refractivity contribution in [3.05, 3.63) is 36.5 Å². The minimum atomic E-state index is 0.313. The second kappa shape index (κ2) is 4.34. The lowest BCUT2D eigenvalue weighted by Crippen LogP contribution is -2.42. The summed E-state index contributed by atoms with van der Waals surface area (Å²) in [5, 5.41) is 1.20. The predicted octanol–water partition coefficient (Wildman–Crippen LogP) is 2.16. The fourth-order valence-electron chi connectivity index (χ4n) is 2.50. The summed E-state index contributed by atoms with van der Waals surface area (Å²) in [6, 6.07) is 10.8. The lowest BCUT2D eigenvalue weighted by atomic mass is 10.1. The predicted molar refractivity (Wildman–Crippen MR) is 71.2 cm³/mol. The van der Waals surface area contributed by atoms with Crippen LogP contribution in [0.4, 0.5) is 5.69 Å². The van der Waals surface area contributed by atoms with E-state index in [1.807, 2.05) is 12.3 Å². The van der Waals surface area contributed by atoms with E-state index < -0.39 is 0 Å². The Bertz CT molecular complexity index is 524. The standard InChI is InChI=1S/C14H17N3/c15-12-4-2-8-17(10-12)13-5-6-14-11(9-13)3-1-7-16-14/h1,3,5-7,9,12H,2,4,8,10,15H2. The van der Waals surface area contributed by atoms with Crippen molar-refractivity contribution in [3.8, 4) is 0 Å². The number of piperidine rings is 1. The van der Waals surface area contributed by atoms with E-state index in [9.17, 15) is 0 Å². The van der Waals surface area contributed by atoms with Crippen molar-refractivity contribution >= 4 is 16.6 Å². The molecule has 88 valence electrons. The minimum Gasteiger partial charge on any atom is -0.370 e. The lowest BCUT2D eigenvalue weighted by Gasteiger charge is -2.32. The normalized spacial score (nSPS) is 20.8. The summed E-state index contributed by atoms with van der Waals surface area (Å²) in [7, 11) is 0. The highest BCUT2D eigenvalue weighted by atomic mass is 15.1. The van der Waals surface area contributed by atoms with Gasteiger partial charge in [0, 0.05) is 36.4 Å². The van der Waals surface area contributed by atoms with Gasteiger partial charge in [0.25, 0.3) is 0 Å². The lowest BCUT2D eigenvalue weighted by molar-refractivity contribution is 0.506. The number of benzene rings is 1. The Kier molecular flexibility index (Phi) is 2.69. The van der Waals surface area contributed by atoms with Gasteiger partial charge in [0.15, 0.2) is 0 Å². The third-order valence-corrected chi connectivity index (χ3v) is 3.41. The third kappa shape index (κ3) is 2.11. The first-order valence-corrected chi connectivity index (χ1v) is 6.18. The summed E-state index contributed by atoms with van der Waals surface area (Å²) >= 11 is 0. The molecule has 0 bridgehead atoms. The Morgan fingerprint density at radius 3 is 3.12 bits per heavy atom. The average Bonchev–Trinajstić information content (AvgIpc) is 2.38. The van der Waals surface area contributed by atoms with E-state index in [-0.39, 0.29) is 0 Å². The van der Waals surface area contributed by atoms with Gasteiger partial charge in [-0.25, -0.2) is 0 Å². The summed E-state index contributed by atoms with van der Waals surface area (Å²) in [6.07, 6.45) is 4.16. The Labute approximate surface area is 101 Å². The molecule has 1 fully saturated rings. The van der Waals surface area contributed by atoms with Gasteiger partial charge in [-0.3, -0.25) is 4.98 Å². The van der Waals surface area contributed by atoms with Crippen LogP contribution in [0.2, 0.25) is 0 Å². The zero-order chi connectivity index (χ0) is 11.7. The molecule has 1 aliphatic heterocycles. The third-order valence-electron chi connectivity index (χ3n) is 3.41. The van der Waals surface area contributed by atoms with Gasteiger partial charge >= 0.3 is 0 Å². The maximum atomic E-state index is 6.02. The van der Waals surface area contributed by atoms with Crippen LogP contribution in [0.25, 0.3) is 10.9 Å². The molecule has 3 nitrogen and oxygen atoms in total. The van der Waals surface area contributed by atoms with Crippen molar-refractivity contribution in [1.82, 2.24) is 4.98 Å². The number of nitrogens with zero attached hydrogens (tertiary/aromatic N) is 2. The highest BCUT2D eigenvalue weighted by Crippen LogP contribution is 2.23. The summed E-state index contributed by atoms with van der Waals surface area (Å²) in [4.78, 5) is 6.71. The number of nitrogens with two attached hydrogens (primary N) is 1. The Morgan fingerprint density at radius 2 is 2.24 bits per heavy atom. The molecule has 1 unspecified atom stereocenters. The fraction of sp³-hybridized carbons (Fsp3) is 0.357. The van der Waals surface area contributed by atoms with E-state index >= 15 is 0 Å². The maximum Gasteiger partial charge on any atom is 0.0703 e. The van der Waals surface area contributed by atoms with E-state index in [1.54, 1.807) is 0 Å². The summed E-state index contributed by atoms with van der Waals surface area (Å²) in [5.74, 6) is 0. The van der Waals surface area contributed by atoms with Gasteiger partial charge in [0.1, 0.15) is 0 Å². The van der Waals surface area contributed by atoms with Crippen LogP contribution >= 0.6 is 0 Å². The van der Waals surface area contributed by atoms with Crippen molar-refractivity contribution in [1.29, 1.82) is 0 Å². The smallest absolute Gasteiger partial charge is 0.0703 e. The number of hydrogen-bond acceptors (Lipinski definition) is 3. The highest BCUT2D eigenvalue weighted by molar-refractivity contribution is 5.82. The average molecular weight is 227 g/mol. The van der Waals surface area contributed by atoms with E-state index in [1.165, 1.54) is 17.5 Å². The molecule has 0 radical (unpaired) electrons. The molecule has 1 aromatic carbocycles. The Balaban J connectivity index is 1.94. The largest absolute Gasteiger partial charge is 0.370 e. The van der Waals surface area contributed by atoms with E-state index in [0.29, 0.717) is 6.04 Å². The molecular formula is C14H17N3. The van der Waals surface area contributed by atoms with Crippen LogP contribution in [0.3, 0.4) is 0 Å². The summed E-state index contributed by atoms with van der Waals surface area (Å²) in [5.41, 5.74) is 8.34. The van der Waals surface area contributed by atoms with E-state index in [0.717, 1.165) is 25.0 Å². The molecule has 17 heavy (non-hydrogen) atoms. The summed E-state index contributed by atoms with van der Waals surface area (Å²) < 4.78 is 0. The van der Waals surface area contributed by atoms with Crippen molar-refractivity contribution in [2.24, 2.45) is 5.73 Å². The van der Waals surface area contributed by atoms with Gasteiger partial charge in [-0.05, 0) is 37.1 Å². The Morgan fingerprint density at radius 1 is 1.29 bits per heavy atom. The molecule has 1 saturated heterocycles. The number of fused-ring (bicyclic) bond motifs is 1. The van der Waals surface area contributed by atoms with Crippen LogP contribution in [0, 0.1) is 0 Å². The van der Waals surface area contributed by atoms with Crippen LogP contribution in [-0.4, -0.2) is 24.1 Å². The molecular weight excluding hydrogens is 210 g/mol. The molecule has 1 aromatic heterocycles. The topological polar surface area (TPSA) is 42.1 Å². The SMILES string of the molecule is NC1CCCN(c2ccc3ncccc3c2)C1. The van der Waals surface area contributed by atoms with Crippen molar-refractivity contribution in [2.75, 3.05) is 18.0 Å². The Hall–Kier alpha value is -1.61. The fourth-order valence-corrected chi connectivity index (χ4v) is 2.50. The van der Waals surface area contributed by atoms with Crippen LogP contribution in [-0.2, 0) is 0 Å². The zero-order valence-corrected chi connectivity index (χ0v) is 9.84. The number of aromatic nitrogens is 1. The quantitative estimate of drug-likeness (QED) is 0.811. The first-order chi connectivity index (χ1) is 8.33. The highest BCUT2D eigenvalue weighted by Gasteiger charge is 2.16. The second-order valence-electron chi connectivity index (χ2n) is 4.73. The molecule has 0 amide bonds. The molecule has 0 spiro atoms. The molecule has 0 aliphatic carbocycles. The monoisotopic (exact) mass is 227 g/mol. The van der Waals surface area contributed by atoms with E-state index in [2.05, 4.69) is 34.1 Å². The molecule has 2 N–H and O–H groups in total. The molecule has 2 aromatic rings. The first kappa shape index (κ1) is 10.5. The van der Waals surface area contributed by atoms with Gasteiger partial charge in [-0.15, -0.1) is 0 Å². The van der Waals surface area contributed by atoms with Crippen LogP contribution in [0.1, 0.15) is 12.8 Å². The van der Waals surface area contributed by atoms with E-state index in [4.69, 9.17) is 5.73 Å². The van der Waals surface area contributed by atoms with Crippen molar-refractivity contribution in [2.45, 2.75) is 18.9 Å². The van der Waals surface area contributed by atoms with Gasteiger partial charge in [-0.1, -0.05) is 6.07 Å². The van der Waals surface area contributed by atoms with Gasteiger partial charge in [-0.2, -0.15) is 0 Å². The van der Waals surface area contributed by atoms with Crippen molar-refractivity contribution < 1.29 is 0 Å². The number of pyridine rings is 1. The van der Waals surface area contributed by atoms with Crippen LogP contribution in [0.15, 0.2) is 36.5 Å². The zero-order valence-electron chi connectivity index (χ0n) is 9.84. The van der Waals surface area contributed by atoms with Crippen molar-refractivity contribution in [3.63, 3.8) is 0 Å². The molecule has 2 heterocycles.